The zero-order valence-electron chi connectivity index (χ0n) is 17.6. The van der Waals surface area contributed by atoms with Gasteiger partial charge in [-0.2, -0.15) is 5.10 Å². The highest BCUT2D eigenvalue weighted by molar-refractivity contribution is 7.17. The van der Waals surface area contributed by atoms with Crippen LogP contribution in [-0.2, 0) is 11.3 Å². The molecule has 0 unspecified atom stereocenters. The quantitative estimate of drug-likeness (QED) is 0.413. The van der Waals surface area contributed by atoms with Crippen LogP contribution in [0.15, 0.2) is 41.9 Å². The van der Waals surface area contributed by atoms with Crippen molar-refractivity contribution >= 4 is 44.7 Å². The normalized spacial score (nSPS) is 14.5. The average molecular weight is 450 g/mol. The van der Waals surface area contributed by atoms with Gasteiger partial charge in [0.25, 0.3) is 5.91 Å². The Hall–Kier alpha value is -3.34. The Kier molecular flexibility index (Phi) is 5.80. The fourth-order valence-electron chi connectivity index (χ4n) is 3.65. The number of nitrogens with one attached hydrogen (secondary N) is 3. The molecule has 4 heterocycles. The minimum Gasteiger partial charge on any atom is -0.379 e. The predicted octanol–water partition coefficient (Wildman–Crippen LogP) is 3.55. The van der Waals surface area contributed by atoms with Gasteiger partial charge in [-0.3, -0.25) is 14.8 Å². The van der Waals surface area contributed by atoms with Crippen molar-refractivity contribution in [3.8, 4) is 0 Å². The van der Waals surface area contributed by atoms with E-state index in [-0.39, 0.29) is 5.91 Å². The molecule has 0 aliphatic carbocycles. The van der Waals surface area contributed by atoms with Crippen LogP contribution in [0, 0.1) is 6.92 Å². The number of hydrogen-bond acceptors (Lipinski definition) is 8. The first-order valence-electron chi connectivity index (χ1n) is 10.4. The number of fused-ring (bicyclic) bond motifs is 1. The molecule has 164 valence electrons. The standard InChI is InChI=1S/C22H23N7O2S/c1-14-24-17-6-11-32-20(17)21(25-14)27-18-12-23-28-19(18)22(30)26-16-4-2-15(3-5-16)13-29-7-9-31-10-8-29/h2-6,11-12H,7-10,13H2,1H3,(H,23,28)(H,26,30)(H,24,25,27). The van der Waals surface area contributed by atoms with Crippen LogP contribution in [0.4, 0.5) is 17.2 Å². The van der Waals surface area contributed by atoms with Crippen LogP contribution in [-0.4, -0.2) is 57.3 Å². The summed E-state index contributed by atoms with van der Waals surface area (Å²) >= 11 is 1.55. The number of morpholine rings is 1. The second-order valence-corrected chi connectivity index (χ2v) is 8.49. The Morgan fingerprint density at radius 1 is 1.19 bits per heavy atom. The van der Waals surface area contributed by atoms with E-state index >= 15 is 0 Å². The number of carbonyl (C=O) groups is 1. The molecule has 1 aromatic carbocycles. The van der Waals surface area contributed by atoms with E-state index in [0.717, 1.165) is 48.8 Å². The minimum atomic E-state index is -0.279. The minimum absolute atomic E-state index is 0.279. The van der Waals surface area contributed by atoms with Crippen molar-refractivity contribution in [2.75, 3.05) is 36.9 Å². The Balaban J connectivity index is 1.27. The summed E-state index contributed by atoms with van der Waals surface area (Å²) in [7, 11) is 0. The molecule has 1 fully saturated rings. The van der Waals surface area contributed by atoms with Gasteiger partial charge in [0.15, 0.2) is 5.82 Å². The molecule has 1 aliphatic heterocycles. The van der Waals surface area contributed by atoms with E-state index in [0.29, 0.717) is 23.0 Å². The SMILES string of the molecule is Cc1nc(Nc2cn[nH]c2C(=O)Nc2ccc(CN3CCOCC3)cc2)c2sccc2n1. The molecule has 9 nitrogen and oxygen atoms in total. The summed E-state index contributed by atoms with van der Waals surface area (Å²) in [5, 5.41) is 15.0. The predicted molar refractivity (Wildman–Crippen MR) is 125 cm³/mol. The van der Waals surface area contributed by atoms with Crippen molar-refractivity contribution in [1.29, 1.82) is 0 Å². The monoisotopic (exact) mass is 449 g/mol. The lowest BCUT2D eigenvalue weighted by Crippen LogP contribution is -2.35. The molecule has 4 aromatic rings. The first kappa shape index (κ1) is 20.6. The van der Waals surface area contributed by atoms with Gasteiger partial charge in [0.2, 0.25) is 0 Å². The third-order valence-corrected chi connectivity index (χ3v) is 6.17. The maximum absolute atomic E-state index is 12.9. The summed E-state index contributed by atoms with van der Waals surface area (Å²) in [6.07, 6.45) is 1.58. The first-order chi connectivity index (χ1) is 15.7. The van der Waals surface area contributed by atoms with E-state index in [1.54, 1.807) is 17.5 Å². The smallest absolute Gasteiger partial charge is 0.275 e. The Bertz CT molecular complexity index is 1230. The molecule has 10 heteroatoms. The van der Waals surface area contributed by atoms with Crippen molar-refractivity contribution in [3.05, 3.63) is 59.0 Å². The number of H-pyrrole nitrogens is 1. The van der Waals surface area contributed by atoms with Crippen molar-refractivity contribution < 1.29 is 9.53 Å². The number of ether oxygens (including phenoxy) is 1. The van der Waals surface area contributed by atoms with Crippen molar-refractivity contribution in [1.82, 2.24) is 25.1 Å². The molecule has 0 bridgehead atoms. The Labute approximate surface area is 188 Å². The molecule has 3 aromatic heterocycles. The van der Waals surface area contributed by atoms with Crippen molar-refractivity contribution in [2.45, 2.75) is 13.5 Å². The largest absolute Gasteiger partial charge is 0.379 e. The lowest BCUT2D eigenvalue weighted by Gasteiger charge is -2.26. The van der Waals surface area contributed by atoms with E-state index in [2.05, 4.69) is 35.7 Å². The number of carbonyl (C=O) groups excluding carboxylic acids is 1. The fourth-order valence-corrected chi connectivity index (χ4v) is 4.43. The zero-order chi connectivity index (χ0) is 21.9. The number of amides is 1. The van der Waals surface area contributed by atoms with Gasteiger partial charge in [0.05, 0.1) is 35.3 Å². The molecule has 1 saturated heterocycles. The summed E-state index contributed by atoms with van der Waals surface area (Å²) in [6.45, 7) is 6.16. The maximum atomic E-state index is 12.9. The third-order valence-electron chi connectivity index (χ3n) is 5.26. The van der Waals surface area contributed by atoms with Crippen LogP contribution < -0.4 is 10.6 Å². The topological polar surface area (TPSA) is 108 Å². The van der Waals surface area contributed by atoms with Gasteiger partial charge in [-0.25, -0.2) is 9.97 Å². The molecule has 5 rings (SSSR count). The number of aryl methyl sites for hydroxylation is 1. The molecular weight excluding hydrogens is 426 g/mol. The Morgan fingerprint density at radius 2 is 2.00 bits per heavy atom. The number of anilines is 3. The summed E-state index contributed by atoms with van der Waals surface area (Å²) in [6, 6.07) is 9.86. The summed E-state index contributed by atoms with van der Waals surface area (Å²) in [5.74, 6) is 1.04. The highest BCUT2D eigenvalue weighted by Crippen LogP contribution is 2.29. The van der Waals surface area contributed by atoms with Gasteiger partial charge in [-0.15, -0.1) is 11.3 Å². The van der Waals surface area contributed by atoms with Gasteiger partial charge in [0.1, 0.15) is 11.5 Å². The lowest BCUT2D eigenvalue weighted by atomic mass is 10.2. The molecule has 0 spiro atoms. The van der Waals surface area contributed by atoms with Gasteiger partial charge in [-0.05, 0) is 36.1 Å². The second-order valence-electron chi connectivity index (χ2n) is 7.58. The van der Waals surface area contributed by atoms with Crippen molar-refractivity contribution in [3.63, 3.8) is 0 Å². The van der Waals surface area contributed by atoms with Crippen LogP contribution in [0.1, 0.15) is 21.9 Å². The van der Waals surface area contributed by atoms with E-state index in [1.807, 2.05) is 42.6 Å². The Morgan fingerprint density at radius 3 is 2.81 bits per heavy atom. The van der Waals surface area contributed by atoms with Crippen LogP contribution in [0.25, 0.3) is 10.2 Å². The van der Waals surface area contributed by atoms with Crippen LogP contribution >= 0.6 is 11.3 Å². The van der Waals surface area contributed by atoms with E-state index in [4.69, 9.17) is 4.74 Å². The maximum Gasteiger partial charge on any atom is 0.275 e. The number of nitrogens with zero attached hydrogens (tertiary/aromatic N) is 4. The third kappa shape index (κ3) is 4.47. The molecule has 0 atom stereocenters. The van der Waals surface area contributed by atoms with E-state index in [9.17, 15) is 4.79 Å². The molecule has 1 amide bonds. The van der Waals surface area contributed by atoms with Gasteiger partial charge in [-0.1, -0.05) is 12.1 Å². The number of benzene rings is 1. The van der Waals surface area contributed by atoms with Gasteiger partial charge in [0, 0.05) is 25.3 Å². The number of aromatic amines is 1. The van der Waals surface area contributed by atoms with Crippen LogP contribution in [0.2, 0.25) is 0 Å². The fraction of sp³-hybridized carbons (Fsp3) is 0.273. The molecule has 0 radical (unpaired) electrons. The molecule has 3 N–H and O–H groups in total. The average Bonchev–Trinajstić information content (AvgIpc) is 3.45. The van der Waals surface area contributed by atoms with Gasteiger partial charge < -0.3 is 15.4 Å². The van der Waals surface area contributed by atoms with Gasteiger partial charge >= 0.3 is 0 Å². The second kappa shape index (κ2) is 9.03. The molecule has 1 aliphatic rings. The highest BCUT2D eigenvalue weighted by Gasteiger charge is 2.17. The van der Waals surface area contributed by atoms with Crippen molar-refractivity contribution in [2.24, 2.45) is 0 Å². The number of thiophene rings is 1. The lowest BCUT2D eigenvalue weighted by molar-refractivity contribution is 0.0342. The first-order valence-corrected chi connectivity index (χ1v) is 11.3. The highest BCUT2D eigenvalue weighted by atomic mass is 32.1. The summed E-state index contributed by atoms with van der Waals surface area (Å²) in [4.78, 5) is 24.2. The van der Waals surface area contributed by atoms with Crippen LogP contribution in [0.3, 0.4) is 0 Å². The summed E-state index contributed by atoms with van der Waals surface area (Å²) in [5.41, 5.74) is 3.69. The number of hydrogen-bond donors (Lipinski definition) is 3. The molecule has 0 saturated carbocycles. The number of rotatable bonds is 6. The molecular formula is C22H23N7O2S. The van der Waals surface area contributed by atoms with E-state index in [1.165, 1.54) is 5.56 Å². The van der Waals surface area contributed by atoms with E-state index < -0.39 is 0 Å². The zero-order valence-corrected chi connectivity index (χ0v) is 18.4. The molecule has 32 heavy (non-hydrogen) atoms. The summed E-state index contributed by atoms with van der Waals surface area (Å²) < 4.78 is 6.33. The van der Waals surface area contributed by atoms with Crippen LogP contribution in [0.5, 0.6) is 0 Å². The number of aromatic nitrogens is 4.